The molecular formula is C14H14N2O4. The molecule has 2 aromatic rings. The van der Waals surface area contributed by atoms with Gasteiger partial charge in [0.2, 0.25) is 0 Å². The third-order valence-corrected chi connectivity index (χ3v) is 2.61. The second kappa shape index (κ2) is 6.53. The van der Waals surface area contributed by atoms with Gasteiger partial charge in [-0.3, -0.25) is 9.59 Å². The highest BCUT2D eigenvalue weighted by molar-refractivity contribution is 6.39. The summed E-state index contributed by atoms with van der Waals surface area (Å²) < 4.78 is 5.08. The van der Waals surface area contributed by atoms with Gasteiger partial charge in [-0.15, -0.1) is 0 Å². The van der Waals surface area contributed by atoms with Crippen LogP contribution in [0.2, 0.25) is 0 Å². The topological polar surface area (TPSA) is 91.6 Å². The minimum atomic E-state index is -0.843. The average molecular weight is 274 g/mol. The van der Waals surface area contributed by atoms with Crippen molar-refractivity contribution in [2.45, 2.75) is 6.04 Å². The van der Waals surface area contributed by atoms with Gasteiger partial charge in [-0.05, 0) is 24.3 Å². The summed E-state index contributed by atoms with van der Waals surface area (Å²) in [5.74, 6) is -1.26. The van der Waals surface area contributed by atoms with Crippen molar-refractivity contribution in [1.82, 2.24) is 5.32 Å². The molecule has 0 fully saturated rings. The van der Waals surface area contributed by atoms with Gasteiger partial charge in [0.25, 0.3) is 0 Å². The molecule has 2 rings (SSSR count). The van der Waals surface area contributed by atoms with E-state index in [9.17, 15) is 14.7 Å². The molecule has 2 amide bonds. The molecule has 1 atom stereocenters. The first-order chi connectivity index (χ1) is 9.70. The first-order valence-electron chi connectivity index (χ1n) is 6.02. The Bertz CT molecular complexity index is 566. The lowest BCUT2D eigenvalue weighted by Gasteiger charge is -2.13. The number of furan rings is 1. The zero-order valence-corrected chi connectivity index (χ0v) is 10.6. The Balaban J connectivity index is 1.95. The van der Waals surface area contributed by atoms with Crippen LogP contribution in [-0.4, -0.2) is 23.5 Å². The van der Waals surface area contributed by atoms with E-state index in [-0.39, 0.29) is 6.61 Å². The van der Waals surface area contributed by atoms with E-state index in [0.717, 1.165) is 0 Å². The second-order valence-electron chi connectivity index (χ2n) is 4.04. The fourth-order valence-electron chi connectivity index (χ4n) is 1.63. The molecule has 0 spiro atoms. The second-order valence-corrected chi connectivity index (χ2v) is 4.04. The van der Waals surface area contributed by atoms with Gasteiger partial charge in [-0.2, -0.15) is 0 Å². The number of hydrogen-bond acceptors (Lipinski definition) is 4. The van der Waals surface area contributed by atoms with Crippen LogP contribution in [0.25, 0.3) is 0 Å². The highest BCUT2D eigenvalue weighted by atomic mass is 16.3. The number of para-hydroxylation sites is 1. The van der Waals surface area contributed by atoms with Gasteiger partial charge in [0.05, 0.1) is 12.9 Å². The molecule has 6 nitrogen and oxygen atoms in total. The summed E-state index contributed by atoms with van der Waals surface area (Å²) in [6.07, 6.45) is 1.42. The Morgan fingerprint density at radius 1 is 1.10 bits per heavy atom. The summed E-state index contributed by atoms with van der Waals surface area (Å²) in [4.78, 5) is 23.4. The maximum Gasteiger partial charge on any atom is 0.313 e. The monoisotopic (exact) mass is 274 g/mol. The number of aliphatic hydroxyl groups excluding tert-OH is 1. The molecule has 20 heavy (non-hydrogen) atoms. The van der Waals surface area contributed by atoms with Crippen molar-refractivity contribution in [2.75, 3.05) is 11.9 Å². The lowest BCUT2D eigenvalue weighted by molar-refractivity contribution is -0.136. The number of anilines is 1. The number of hydrogen-bond donors (Lipinski definition) is 3. The Kier molecular flexibility index (Phi) is 4.52. The van der Waals surface area contributed by atoms with Crippen LogP contribution >= 0.6 is 0 Å². The molecular weight excluding hydrogens is 260 g/mol. The molecule has 0 saturated heterocycles. The molecule has 1 aromatic carbocycles. The minimum Gasteiger partial charge on any atom is -0.467 e. The molecule has 0 saturated carbocycles. The van der Waals surface area contributed by atoms with Crippen molar-refractivity contribution in [1.29, 1.82) is 0 Å². The first kappa shape index (κ1) is 13.8. The smallest absolute Gasteiger partial charge is 0.313 e. The Morgan fingerprint density at radius 2 is 1.85 bits per heavy atom. The third-order valence-electron chi connectivity index (χ3n) is 2.61. The molecule has 104 valence electrons. The molecule has 0 aliphatic heterocycles. The van der Waals surface area contributed by atoms with E-state index >= 15 is 0 Å². The fraction of sp³-hybridized carbons (Fsp3) is 0.143. The summed E-state index contributed by atoms with van der Waals surface area (Å²) in [6.45, 7) is -0.363. The highest BCUT2D eigenvalue weighted by Crippen LogP contribution is 2.12. The lowest BCUT2D eigenvalue weighted by Crippen LogP contribution is -2.38. The van der Waals surface area contributed by atoms with Crippen LogP contribution < -0.4 is 10.6 Å². The quantitative estimate of drug-likeness (QED) is 0.727. The molecule has 0 bridgehead atoms. The minimum absolute atomic E-state index is 0.363. The molecule has 0 aliphatic rings. The average Bonchev–Trinajstić information content (AvgIpc) is 2.99. The van der Waals surface area contributed by atoms with Gasteiger partial charge in [0, 0.05) is 5.69 Å². The van der Waals surface area contributed by atoms with Gasteiger partial charge >= 0.3 is 11.8 Å². The first-order valence-corrected chi connectivity index (χ1v) is 6.02. The van der Waals surface area contributed by atoms with Crippen molar-refractivity contribution >= 4 is 17.5 Å². The lowest BCUT2D eigenvalue weighted by atomic mass is 10.2. The van der Waals surface area contributed by atoms with E-state index in [1.807, 2.05) is 0 Å². The van der Waals surface area contributed by atoms with E-state index in [1.165, 1.54) is 6.26 Å². The number of nitrogens with one attached hydrogen (secondary N) is 2. The maximum absolute atomic E-state index is 11.7. The summed E-state index contributed by atoms with van der Waals surface area (Å²) in [7, 11) is 0. The Morgan fingerprint density at radius 3 is 2.45 bits per heavy atom. The Labute approximate surface area is 115 Å². The number of rotatable bonds is 4. The third kappa shape index (κ3) is 3.46. The van der Waals surface area contributed by atoms with Crippen LogP contribution in [0.4, 0.5) is 5.69 Å². The molecule has 0 radical (unpaired) electrons. The van der Waals surface area contributed by atoms with Crippen molar-refractivity contribution < 1.29 is 19.1 Å². The summed E-state index contributed by atoms with van der Waals surface area (Å²) in [5.41, 5.74) is 0.520. The van der Waals surface area contributed by atoms with Gasteiger partial charge in [0.1, 0.15) is 11.8 Å². The van der Waals surface area contributed by atoms with Crippen molar-refractivity contribution in [2.24, 2.45) is 0 Å². The number of amides is 2. The van der Waals surface area contributed by atoms with Gasteiger partial charge in [-0.25, -0.2) is 0 Å². The standard InChI is InChI=1S/C14H14N2O4/c17-9-11(12-7-4-8-20-12)16-14(19)13(18)15-10-5-2-1-3-6-10/h1-8,11,17H,9H2,(H,15,18)(H,16,19). The number of benzene rings is 1. The fourth-order valence-corrected chi connectivity index (χ4v) is 1.63. The van der Waals surface area contributed by atoms with Crippen molar-refractivity contribution in [3.63, 3.8) is 0 Å². The zero-order valence-electron chi connectivity index (χ0n) is 10.6. The van der Waals surface area contributed by atoms with E-state index in [2.05, 4.69) is 10.6 Å². The number of aliphatic hydroxyl groups is 1. The predicted octanol–water partition coefficient (Wildman–Crippen LogP) is 1.07. The van der Waals surface area contributed by atoms with Gasteiger partial charge in [0.15, 0.2) is 0 Å². The van der Waals surface area contributed by atoms with E-state index in [4.69, 9.17) is 4.42 Å². The van der Waals surface area contributed by atoms with Crippen LogP contribution in [0.15, 0.2) is 53.1 Å². The summed E-state index contributed by atoms with van der Waals surface area (Å²) in [6, 6.07) is 11.1. The predicted molar refractivity (Wildman–Crippen MR) is 71.7 cm³/mol. The van der Waals surface area contributed by atoms with E-state index in [1.54, 1.807) is 42.5 Å². The maximum atomic E-state index is 11.7. The van der Waals surface area contributed by atoms with Gasteiger partial charge in [-0.1, -0.05) is 18.2 Å². The molecule has 6 heteroatoms. The van der Waals surface area contributed by atoms with Crippen LogP contribution in [0.3, 0.4) is 0 Å². The summed E-state index contributed by atoms with van der Waals surface area (Å²) in [5, 5.41) is 14.1. The molecule has 3 N–H and O–H groups in total. The number of carbonyl (C=O) groups is 2. The largest absolute Gasteiger partial charge is 0.467 e. The van der Waals surface area contributed by atoms with Crippen LogP contribution in [0.5, 0.6) is 0 Å². The van der Waals surface area contributed by atoms with Gasteiger partial charge < -0.3 is 20.2 Å². The SMILES string of the molecule is O=C(Nc1ccccc1)C(=O)NC(CO)c1ccco1. The van der Waals surface area contributed by atoms with E-state index in [0.29, 0.717) is 11.4 Å². The summed E-state index contributed by atoms with van der Waals surface area (Å²) >= 11 is 0. The number of carbonyl (C=O) groups excluding carboxylic acids is 2. The van der Waals surface area contributed by atoms with Crippen LogP contribution in [0, 0.1) is 0 Å². The van der Waals surface area contributed by atoms with Crippen LogP contribution in [0.1, 0.15) is 11.8 Å². The Hall–Kier alpha value is -2.60. The molecule has 0 aliphatic carbocycles. The highest BCUT2D eigenvalue weighted by Gasteiger charge is 2.21. The van der Waals surface area contributed by atoms with E-state index < -0.39 is 17.9 Å². The zero-order chi connectivity index (χ0) is 14.4. The molecule has 1 aromatic heterocycles. The normalized spacial score (nSPS) is 11.7. The molecule has 1 heterocycles. The van der Waals surface area contributed by atoms with Crippen LogP contribution in [-0.2, 0) is 9.59 Å². The van der Waals surface area contributed by atoms with Crippen molar-refractivity contribution in [3.05, 3.63) is 54.5 Å². The van der Waals surface area contributed by atoms with Crippen molar-refractivity contribution in [3.8, 4) is 0 Å². The molecule has 1 unspecified atom stereocenters.